The summed E-state index contributed by atoms with van der Waals surface area (Å²) in [7, 11) is 4.05. The zero-order valence-electron chi connectivity index (χ0n) is 11.5. The average molecular weight is 344 g/mol. The van der Waals surface area contributed by atoms with E-state index >= 15 is 0 Å². The van der Waals surface area contributed by atoms with Crippen LogP contribution in [0.3, 0.4) is 0 Å². The summed E-state index contributed by atoms with van der Waals surface area (Å²) in [5.74, 6) is 0. The summed E-state index contributed by atoms with van der Waals surface area (Å²) in [4.78, 5) is 10.7. The lowest BCUT2D eigenvalue weighted by atomic mass is 10.5. The minimum Gasteiger partial charge on any atom is -0.308 e. The molecule has 3 rings (SSSR count). The van der Waals surface area contributed by atoms with Gasteiger partial charge in [-0.1, -0.05) is 0 Å². The molecule has 0 amide bonds. The van der Waals surface area contributed by atoms with Crippen LogP contribution in [0.1, 0.15) is 0 Å². The van der Waals surface area contributed by atoms with E-state index in [0.717, 1.165) is 33.5 Å². The highest BCUT2D eigenvalue weighted by molar-refractivity contribution is 7.99. The monoisotopic (exact) mass is 343 g/mol. The summed E-state index contributed by atoms with van der Waals surface area (Å²) in [6.07, 6.45) is 1.57. The third-order valence-electron chi connectivity index (χ3n) is 2.66. The lowest BCUT2D eigenvalue weighted by Crippen LogP contribution is -2.19. The van der Waals surface area contributed by atoms with E-state index < -0.39 is 0 Å². The van der Waals surface area contributed by atoms with E-state index in [0.29, 0.717) is 0 Å². The Kier molecular flexibility index (Phi) is 5.45. The SMILES string of the molecule is CN(C)CCn1nnnc1Sc1ncnc2ccsc12.Cl. The molecule has 3 aromatic rings. The third-order valence-corrected chi connectivity index (χ3v) is 4.67. The Morgan fingerprint density at radius 2 is 2.19 bits per heavy atom. The lowest BCUT2D eigenvalue weighted by Gasteiger charge is -2.09. The average Bonchev–Trinajstić information content (AvgIpc) is 3.05. The standard InChI is InChI=1S/C11H13N7S2.ClH/c1-17(2)4-5-18-11(14-15-16-18)20-10-9-8(3-6-19-9)12-7-13-10;/h3,6-7H,4-5H2,1-2H3;1H. The van der Waals surface area contributed by atoms with E-state index in [1.165, 1.54) is 11.8 Å². The number of tetrazole rings is 1. The van der Waals surface area contributed by atoms with E-state index in [9.17, 15) is 0 Å². The topological polar surface area (TPSA) is 72.6 Å². The molecule has 0 aliphatic carbocycles. The second-order valence-corrected chi connectivity index (χ2v) is 6.28. The number of halogens is 1. The fourth-order valence-electron chi connectivity index (χ4n) is 1.63. The fourth-order valence-corrected chi connectivity index (χ4v) is 3.41. The summed E-state index contributed by atoms with van der Waals surface area (Å²) in [6, 6.07) is 1.99. The molecule has 10 heteroatoms. The van der Waals surface area contributed by atoms with Gasteiger partial charge in [0.05, 0.1) is 16.8 Å². The molecule has 0 atom stereocenters. The van der Waals surface area contributed by atoms with Gasteiger partial charge in [-0.2, -0.15) is 0 Å². The van der Waals surface area contributed by atoms with Crippen LogP contribution in [0, 0.1) is 0 Å². The van der Waals surface area contributed by atoms with Gasteiger partial charge in [-0.15, -0.1) is 28.8 Å². The Hall–Kier alpha value is -1.29. The van der Waals surface area contributed by atoms with Gasteiger partial charge in [-0.25, -0.2) is 14.6 Å². The molecule has 21 heavy (non-hydrogen) atoms. The number of rotatable bonds is 5. The molecule has 0 unspecified atom stereocenters. The van der Waals surface area contributed by atoms with Crippen molar-refractivity contribution in [3.63, 3.8) is 0 Å². The maximum absolute atomic E-state index is 4.33. The first-order valence-corrected chi connectivity index (χ1v) is 7.70. The summed E-state index contributed by atoms with van der Waals surface area (Å²) in [6.45, 7) is 1.64. The van der Waals surface area contributed by atoms with Gasteiger partial charge in [-0.05, 0) is 47.7 Å². The van der Waals surface area contributed by atoms with Gasteiger partial charge >= 0.3 is 0 Å². The summed E-state index contributed by atoms with van der Waals surface area (Å²) >= 11 is 3.10. The van der Waals surface area contributed by atoms with Crippen LogP contribution >= 0.6 is 35.5 Å². The molecule has 0 saturated heterocycles. The number of hydrogen-bond acceptors (Lipinski definition) is 8. The normalized spacial score (nSPS) is 11.0. The van der Waals surface area contributed by atoms with Gasteiger partial charge < -0.3 is 4.90 Å². The van der Waals surface area contributed by atoms with Crippen LogP contribution in [0.2, 0.25) is 0 Å². The summed E-state index contributed by atoms with van der Waals surface area (Å²) in [5.41, 5.74) is 0.958. The first kappa shape index (κ1) is 16.1. The highest BCUT2D eigenvalue weighted by atomic mass is 35.5. The molecule has 0 aromatic carbocycles. The van der Waals surface area contributed by atoms with E-state index in [2.05, 4.69) is 30.4 Å². The van der Waals surface area contributed by atoms with E-state index in [-0.39, 0.29) is 12.4 Å². The van der Waals surface area contributed by atoms with E-state index in [1.807, 2.05) is 25.5 Å². The molecule has 0 aliphatic rings. The predicted octanol–water partition coefficient (Wildman–Crippen LogP) is 1.81. The van der Waals surface area contributed by atoms with Gasteiger partial charge in [0.25, 0.3) is 0 Å². The number of likely N-dealkylation sites (N-methyl/N-ethyl adjacent to an activating group) is 1. The minimum atomic E-state index is 0. The number of thiophene rings is 1. The molecule has 7 nitrogen and oxygen atoms in total. The molecule has 0 bridgehead atoms. The van der Waals surface area contributed by atoms with Crippen LogP contribution in [0.25, 0.3) is 10.2 Å². The number of aromatic nitrogens is 6. The van der Waals surface area contributed by atoms with Crippen LogP contribution in [0.15, 0.2) is 28.0 Å². The van der Waals surface area contributed by atoms with Gasteiger partial charge in [-0.3, -0.25) is 0 Å². The first-order valence-electron chi connectivity index (χ1n) is 6.01. The highest BCUT2D eigenvalue weighted by Gasteiger charge is 2.12. The number of hydrogen-bond donors (Lipinski definition) is 0. The molecule has 3 aromatic heterocycles. The van der Waals surface area contributed by atoms with Crippen molar-refractivity contribution in [2.75, 3.05) is 20.6 Å². The van der Waals surface area contributed by atoms with Crippen molar-refractivity contribution in [2.45, 2.75) is 16.7 Å². The quantitative estimate of drug-likeness (QED) is 0.654. The van der Waals surface area contributed by atoms with Crippen molar-refractivity contribution in [2.24, 2.45) is 0 Å². The molecule has 3 heterocycles. The molecule has 0 radical (unpaired) electrons. The van der Waals surface area contributed by atoms with E-state index in [4.69, 9.17) is 0 Å². The smallest absolute Gasteiger partial charge is 0.215 e. The van der Waals surface area contributed by atoms with Crippen molar-refractivity contribution < 1.29 is 0 Å². The van der Waals surface area contributed by atoms with Crippen LogP contribution in [-0.2, 0) is 6.54 Å². The number of nitrogens with zero attached hydrogens (tertiary/aromatic N) is 7. The molecular weight excluding hydrogens is 330 g/mol. The predicted molar refractivity (Wildman–Crippen MR) is 85.2 cm³/mol. The van der Waals surface area contributed by atoms with Crippen LogP contribution in [0.5, 0.6) is 0 Å². The molecular formula is C11H14ClN7S2. The summed E-state index contributed by atoms with van der Waals surface area (Å²) < 4.78 is 2.87. The van der Waals surface area contributed by atoms with Crippen molar-refractivity contribution in [3.05, 3.63) is 17.8 Å². The van der Waals surface area contributed by atoms with Crippen molar-refractivity contribution in [1.29, 1.82) is 0 Å². The second-order valence-electron chi connectivity index (χ2n) is 4.40. The molecule has 0 saturated carbocycles. The Bertz CT molecular complexity index is 711. The van der Waals surface area contributed by atoms with Crippen molar-refractivity contribution in [1.82, 2.24) is 35.1 Å². The van der Waals surface area contributed by atoms with Gasteiger partial charge in [0.2, 0.25) is 5.16 Å². The number of fused-ring (bicyclic) bond motifs is 1. The second kappa shape index (κ2) is 7.12. The lowest BCUT2D eigenvalue weighted by molar-refractivity contribution is 0.361. The van der Waals surface area contributed by atoms with Gasteiger partial charge in [0, 0.05) is 6.54 Å². The molecule has 112 valence electrons. The van der Waals surface area contributed by atoms with Crippen LogP contribution in [-0.4, -0.2) is 55.7 Å². The highest BCUT2D eigenvalue weighted by Crippen LogP contribution is 2.32. The zero-order valence-corrected chi connectivity index (χ0v) is 14.0. The molecule has 0 N–H and O–H groups in total. The van der Waals surface area contributed by atoms with Crippen molar-refractivity contribution >= 4 is 45.7 Å². The Balaban J connectivity index is 0.00000161. The fraction of sp³-hybridized carbons (Fsp3) is 0.364. The van der Waals surface area contributed by atoms with E-state index in [1.54, 1.807) is 22.3 Å². The van der Waals surface area contributed by atoms with Crippen LogP contribution < -0.4 is 0 Å². The zero-order chi connectivity index (χ0) is 13.9. The van der Waals surface area contributed by atoms with Crippen molar-refractivity contribution in [3.8, 4) is 0 Å². The Morgan fingerprint density at radius 1 is 1.33 bits per heavy atom. The van der Waals surface area contributed by atoms with Gasteiger partial charge in [0.15, 0.2) is 0 Å². The van der Waals surface area contributed by atoms with Gasteiger partial charge in [0.1, 0.15) is 11.4 Å². The molecule has 0 aliphatic heterocycles. The largest absolute Gasteiger partial charge is 0.308 e. The van der Waals surface area contributed by atoms with Crippen LogP contribution in [0.4, 0.5) is 0 Å². The summed E-state index contributed by atoms with van der Waals surface area (Å²) in [5, 5.41) is 15.5. The Labute approximate surface area is 136 Å². The first-order chi connectivity index (χ1) is 9.74. The minimum absolute atomic E-state index is 0. The Morgan fingerprint density at radius 3 is 3.00 bits per heavy atom. The maximum Gasteiger partial charge on any atom is 0.215 e. The third kappa shape index (κ3) is 3.67. The maximum atomic E-state index is 4.33. The molecule has 0 fully saturated rings. The molecule has 0 spiro atoms.